The Morgan fingerprint density at radius 1 is 1.21 bits per heavy atom. The molecule has 0 heterocycles. The van der Waals surface area contributed by atoms with Crippen LogP contribution in [-0.2, 0) is 6.54 Å². The Morgan fingerprint density at radius 2 is 1.95 bits per heavy atom. The highest BCUT2D eigenvalue weighted by Gasteiger charge is 2.12. The van der Waals surface area contributed by atoms with E-state index in [1.807, 2.05) is 0 Å². The average molecular weight is 283 g/mol. The van der Waals surface area contributed by atoms with Gasteiger partial charge < -0.3 is 10.6 Å². The maximum absolute atomic E-state index is 13.6. The van der Waals surface area contributed by atoms with Crippen molar-refractivity contribution in [2.45, 2.75) is 6.54 Å². The molecule has 19 heavy (non-hydrogen) atoms. The van der Waals surface area contributed by atoms with E-state index in [9.17, 15) is 8.78 Å². The van der Waals surface area contributed by atoms with E-state index in [1.54, 1.807) is 30.1 Å². The summed E-state index contributed by atoms with van der Waals surface area (Å²) in [6, 6.07) is 9.15. The first-order valence-electron chi connectivity index (χ1n) is 5.68. The predicted molar refractivity (Wildman–Crippen MR) is 74.3 cm³/mol. The molecular formula is C14H13ClF2N2. The van der Waals surface area contributed by atoms with E-state index < -0.39 is 11.6 Å². The van der Waals surface area contributed by atoms with E-state index >= 15 is 0 Å². The third-order valence-corrected chi connectivity index (χ3v) is 3.08. The van der Waals surface area contributed by atoms with Crippen LogP contribution in [0.25, 0.3) is 0 Å². The SMILES string of the molecule is CN(Cc1cccc(F)c1F)c1cc(Cl)ccc1N. The average Bonchev–Trinajstić information content (AvgIpc) is 2.38. The van der Waals surface area contributed by atoms with Crippen molar-refractivity contribution < 1.29 is 8.78 Å². The van der Waals surface area contributed by atoms with Gasteiger partial charge in [0, 0.05) is 24.2 Å². The van der Waals surface area contributed by atoms with Gasteiger partial charge in [0.1, 0.15) is 0 Å². The summed E-state index contributed by atoms with van der Waals surface area (Å²) in [4.78, 5) is 1.72. The normalized spacial score (nSPS) is 10.5. The van der Waals surface area contributed by atoms with Crippen LogP contribution in [0.5, 0.6) is 0 Å². The van der Waals surface area contributed by atoms with Crippen molar-refractivity contribution in [3.05, 3.63) is 58.6 Å². The van der Waals surface area contributed by atoms with E-state index in [0.29, 0.717) is 16.4 Å². The van der Waals surface area contributed by atoms with Crippen LogP contribution in [0.15, 0.2) is 36.4 Å². The van der Waals surface area contributed by atoms with Gasteiger partial charge in [-0.1, -0.05) is 23.7 Å². The Morgan fingerprint density at radius 3 is 2.68 bits per heavy atom. The van der Waals surface area contributed by atoms with E-state index in [0.717, 1.165) is 6.07 Å². The Labute approximate surface area is 115 Å². The van der Waals surface area contributed by atoms with Crippen LogP contribution in [0.1, 0.15) is 5.56 Å². The summed E-state index contributed by atoms with van der Waals surface area (Å²) in [5, 5.41) is 0.538. The molecule has 2 N–H and O–H groups in total. The van der Waals surface area contributed by atoms with Gasteiger partial charge in [0.15, 0.2) is 11.6 Å². The second-order valence-corrected chi connectivity index (χ2v) is 4.71. The van der Waals surface area contributed by atoms with Crippen molar-refractivity contribution in [1.29, 1.82) is 0 Å². The number of anilines is 2. The molecule has 5 heteroatoms. The zero-order valence-corrected chi connectivity index (χ0v) is 11.1. The molecule has 0 radical (unpaired) electrons. The van der Waals surface area contributed by atoms with Crippen LogP contribution < -0.4 is 10.6 Å². The maximum atomic E-state index is 13.6. The quantitative estimate of drug-likeness (QED) is 0.867. The summed E-state index contributed by atoms with van der Waals surface area (Å²) in [5.41, 5.74) is 7.32. The van der Waals surface area contributed by atoms with Crippen LogP contribution in [0.4, 0.5) is 20.2 Å². The van der Waals surface area contributed by atoms with Gasteiger partial charge in [-0.2, -0.15) is 0 Å². The van der Waals surface area contributed by atoms with E-state index in [2.05, 4.69) is 0 Å². The highest BCUT2D eigenvalue weighted by molar-refractivity contribution is 6.31. The number of hydrogen-bond acceptors (Lipinski definition) is 2. The minimum atomic E-state index is -0.857. The van der Waals surface area contributed by atoms with Crippen LogP contribution in [0.3, 0.4) is 0 Å². The number of nitrogens with zero attached hydrogens (tertiary/aromatic N) is 1. The third kappa shape index (κ3) is 2.96. The highest BCUT2D eigenvalue weighted by Crippen LogP contribution is 2.27. The van der Waals surface area contributed by atoms with Crippen LogP contribution in [0.2, 0.25) is 5.02 Å². The first-order valence-corrected chi connectivity index (χ1v) is 6.06. The zero-order chi connectivity index (χ0) is 14.0. The molecule has 2 nitrogen and oxygen atoms in total. The molecule has 2 aromatic rings. The summed E-state index contributed by atoms with van der Waals surface area (Å²) in [6.07, 6.45) is 0. The Bertz CT molecular complexity index is 602. The lowest BCUT2D eigenvalue weighted by atomic mass is 10.1. The summed E-state index contributed by atoms with van der Waals surface area (Å²) < 4.78 is 26.7. The van der Waals surface area contributed by atoms with Crippen molar-refractivity contribution in [3.8, 4) is 0 Å². The van der Waals surface area contributed by atoms with E-state index in [1.165, 1.54) is 12.1 Å². The molecule has 0 amide bonds. The molecule has 0 aliphatic rings. The fourth-order valence-corrected chi connectivity index (χ4v) is 2.03. The van der Waals surface area contributed by atoms with Crippen molar-refractivity contribution in [2.24, 2.45) is 0 Å². The van der Waals surface area contributed by atoms with Gasteiger partial charge in [0.25, 0.3) is 0 Å². The highest BCUT2D eigenvalue weighted by atomic mass is 35.5. The van der Waals surface area contributed by atoms with Crippen LogP contribution >= 0.6 is 11.6 Å². The summed E-state index contributed by atoms with van der Waals surface area (Å²) in [7, 11) is 1.74. The number of hydrogen-bond donors (Lipinski definition) is 1. The fourth-order valence-electron chi connectivity index (χ4n) is 1.86. The zero-order valence-electron chi connectivity index (χ0n) is 10.3. The molecule has 0 saturated heterocycles. The molecule has 0 saturated carbocycles. The smallest absolute Gasteiger partial charge is 0.163 e. The van der Waals surface area contributed by atoms with Crippen LogP contribution in [-0.4, -0.2) is 7.05 Å². The van der Waals surface area contributed by atoms with Gasteiger partial charge in [-0.05, 0) is 24.3 Å². The summed E-state index contributed by atoms with van der Waals surface area (Å²) >= 11 is 5.90. The largest absolute Gasteiger partial charge is 0.397 e. The molecule has 0 unspecified atom stereocenters. The van der Waals surface area contributed by atoms with Crippen molar-refractivity contribution in [3.63, 3.8) is 0 Å². The summed E-state index contributed by atoms with van der Waals surface area (Å²) in [5.74, 6) is -1.69. The lowest BCUT2D eigenvalue weighted by Gasteiger charge is -2.21. The van der Waals surface area contributed by atoms with Crippen LogP contribution in [0, 0.1) is 11.6 Å². The fraction of sp³-hybridized carbons (Fsp3) is 0.143. The van der Waals surface area contributed by atoms with Gasteiger partial charge >= 0.3 is 0 Å². The molecule has 0 spiro atoms. The maximum Gasteiger partial charge on any atom is 0.163 e. The van der Waals surface area contributed by atoms with E-state index in [-0.39, 0.29) is 12.1 Å². The molecule has 0 atom stereocenters. The molecule has 0 aromatic heterocycles. The van der Waals surface area contributed by atoms with Gasteiger partial charge in [-0.15, -0.1) is 0 Å². The molecule has 2 rings (SSSR count). The monoisotopic (exact) mass is 282 g/mol. The molecule has 100 valence electrons. The molecule has 2 aromatic carbocycles. The number of benzene rings is 2. The topological polar surface area (TPSA) is 29.3 Å². The second kappa shape index (κ2) is 5.45. The predicted octanol–water partition coefficient (Wildman–Crippen LogP) is 3.84. The first-order chi connectivity index (χ1) is 8.99. The summed E-state index contributed by atoms with van der Waals surface area (Å²) in [6.45, 7) is 0.203. The molecule has 0 bridgehead atoms. The molecule has 0 aliphatic carbocycles. The Balaban J connectivity index is 2.28. The Kier molecular flexibility index (Phi) is 3.90. The molecular weight excluding hydrogens is 270 g/mol. The first kappa shape index (κ1) is 13.6. The lowest BCUT2D eigenvalue weighted by molar-refractivity contribution is 0.498. The van der Waals surface area contributed by atoms with Crippen molar-refractivity contribution >= 4 is 23.0 Å². The molecule has 0 aliphatic heterocycles. The number of halogens is 3. The number of rotatable bonds is 3. The van der Waals surface area contributed by atoms with Gasteiger partial charge in [0.05, 0.1) is 11.4 Å². The van der Waals surface area contributed by atoms with Gasteiger partial charge in [0.2, 0.25) is 0 Å². The number of nitrogens with two attached hydrogens (primary N) is 1. The van der Waals surface area contributed by atoms with Crippen molar-refractivity contribution in [2.75, 3.05) is 17.7 Å². The minimum Gasteiger partial charge on any atom is -0.397 e. The van der Waals surface area contributed by atoms with Gasteiger partial charge in [-0.3, -0.25) is 0 Å². The van der Waals surface area contributed by atoms with Gasteiger partial charge in [-0.25, -0.2) is 8.78 Å². The standard InChI is InChI=1S/C14H13ClF2N2/c1-19(13-7-10(15)5-6-12(13)18)8-9-3-2-4-11(16)14(9)17/h2-7H,8,18H2,1H3. The second-order valence-electron chi connectivity index (χ2n) is 4.27. The number of nitrogen functional groups attached to an aromatic ring is 1. The van der Waals surface area contributed by atoms with E-state index in [4.69, 9.17) is 17.3 Å². The molecule has 0 fully saturated rings. The lowest BCUT2D eigenvalue weighted by Crippen LogP contribution is -2.19. The Hall–Kier alpha value is -1.81. The van der Waals surface area contributed by atoms with Crippen molar-refractivity contribution in [1.82, 2.24) is 0 Å². The third-order valence-electron chi connectivity index (χ3n) is 2.84. The minimum absolute atomic E-state index is 0.203.